The number of carbonyl (C=O) groups is 2. The highest BCUT2D eigenvalue weighted by Crippen LogP contribution is 2.19. The predicted molar refractivity (Wildman–Crippen MR) is 75.6 cm³/mol. The highest BCUT2D eigenvalue weighted by atomic mass is 16.5. The highest BCUT2D eigenvalue weighted by molar-refractivity contribution is 5.77. The number of benzene rings is 1. The summed E-state index contributed by atoms with van der Waals surface area (Å²) in [6, 6.07) is 7.68. The molecule has 0 fully saturated rings. The molecule has 0 unspecified atom stereocenters. The molecule has 0 aliphatic carbocycles. The number of nitrogens with one attached hydrogen (secondary N) is 1. The van der Waals surface area contributed by atoms with Gasteiger partial charge in [-0.1, -0.05) is 18.2 Å². The topological polar surface area (TPSA) is 64.6 Å². The van der Waals surface area contributed by atoms with Crippen LogP contribution in [0.1, 0.15) is 25.3 Å². The maximum absolute atomic E-state index is 11.7. The summed E-state index contributed by atoms with van der Waals surface area (Å²) in [5.74, 6) is 0.407. The summed E-state index contributed by atoms with van der Waals surface area (Å²) in [6.07, 6.45) is 1.17. The van der Waals surface area contributed by atoms with Gasteiger partial charge in [0.25, 0.3) is 0 Å². The lowest BCUT2D eigenvalue weighted by molar-refractivity contribution is -0.140. The van der Waals surface area contributed by atoms with E-state index in [1.54, 1.807) is 0 Å². The van der Waals surface area contributed by atoms with E-state index in [1.807, 2.05) is 31.2 Å². The number of ether oxygens (including phenoxy) is 2. The minimum atomic E-state index is -0.327. The van der Waals surface area contributed by atoms with Crippen LogP contribution in [-0.2, 0) is 20.7 Å². The van der Waals surface area contributed by atoms with Crippen molar-refractivity contribution in [3.63, 3.8) is 0 Å². The number of rotatable bonds is 8. The van der Waals surface area contributed by atoms with E-state index in [0.29, 0.717) is 26.0 Å². The van der Waals surface area contributed by atoms with Crippen molar-refractivity contribution in [1.29, 1.82) is 0 Å². The molecule has 1 N–H and O–H groups in total. The molecule has 0 heterocycles. The van der Waals surface area contributed by atoms with Gasteiger partial charge < -0.3 is 14.8 Å². The van der Waals surface area contributed by atoms with Gasteiger partial charge in [0.15, 0.2) is 0 Å². The van der Waals surface area contributed by atoms with Crippen LogP contribution in [0.4, 0.5) is 0 Å². The smallest absolute Gasteiger partial charge is 0.307 e. The van der Waals surface area contributed by atoms with Gasteiger partial charge >= 0.3 is 5.97 Å². The number of para-hydroxylation sites is 1. The van der Waals surface area contributed by atoms with Crippen molar-refractivity contribution in [3.05, 3.63) is 29.8 Å². The third-order valence-corrected chi connectivity index (χ3v) is 2.77. The number of aryl methyl sites for hydroxylation is 1. The third-order valence-electron chi connectivity index (χ3n) is 2.77. The normalized spacial score (nSPS) is 9.90. The van der Waals surface area contributed by atoms with Crippen molar-refractivity contribution in [2.75, 3.05) is 20.3 Å². The second-order valence-electron chi connectivity index (χ2n) is 4.22. The van der Waals surface area contributed by atoms with Gasteiger partial charge in [0.2, 0.25) is 5.91 Å². The Morgan fingerprint density at radius 1 is 1.20 bits per heavy atom. The van der Waals surface area contributed by atoms with Crippen LogP contribution in [-0.4, -0.2) is 32.1 Å². The van der Waals surface area contributed by atoms with E-state index in [0.717, 1.165) is 11.3 Å². The Kier molecular flexibility index (Phi) is 7.17. The second-order valence-corrected chi connectivity index (χ2v) is 4.22. The summed E-state index contributed by atoms with van der Waals surface area (Å²) >= 11 is 0. The Labute approximate surface area is 119 Å². The first-order chi connectivity index (χ1) is 9.67. The van der Waals surface area contributed by atoms with E-state index in [9.17, 15) is 9.59 Å². The van der Waals surface area contributed by atoms with Gasteiger partial charge in [-0.2, -0.15) is 0 Å². The summed E-state index contributed by atoms with van der Waals surface area (Å²) in [5.41, 5.74) is 1.01. The maximum Gasteiger partial charge on any atom is 0.307 e. The fraction of sp³-hybridized carbons (Fsp3) is 0.467. The minimum Gasteiger partial charge on any atom is -0.494 e. The number of hydrogen-bond acceptors (Lipinski definition) is 4. The van der Waals surface area contributed by atoms with Crippen LogP contribution in [0.3, 0.4) is 0 Å². The zero-order chi connectivity index (χ0) is 14.8. The zero-order valence-corrected chi connectivity index (χ0v) is 12.0. The summed E-state index contributed by atoms with van der Waals surface area (Å²) < 4.78 is 10.0. The lowest BCUT2D eigenvalue weighted by Gasteiger charge is -2.09. The van der Waals surface area contributed by atoms with Crippen LogP contribution in [0.5, 0.6) is 5.75 Å². The fourth-order valence-corrected chi connectivity index (χ4v) is 1.75. The monoisotopic (exact) mass is 279 g/mol. The molecule has 0 aliphatic rings. The summed E-state index contributed by atoms with van der Waals surface area (Å²) in [5, 5.41) is 2.69. The molecule has 0 radical (unpaired) electrons. The van der Waals surface area contributed by atoms with Crippen molar-refractivity contribution in [2.24, 2.45) is 0 Å². The molecule has 0 saturated heterocycles. The maximum atomic E-state index is 11.7. The molecule has 20 heavy (non-hydrogen) atoms. The van der Waals surface area contributed by atoms with Gasteiger partial charge in [0.1, 0.15) is 5.75 Å². The molecule has 5 nitrogen and oxygen atoms in total. The lowest BCUT2D eigenvalue weighted by atomic mass is 10.1. The van der Waals surface area contributed by atoms with Gasteiger partial charge in [-0.15, -0.1) is 0 Å². The summed E-state index contributed by atoms with van der Waals surface area (Å²) in [4.78, 5) is 22.6. The second kappa shape index (κ2) is 8.96. The Morgan fingerprint density at radius 2 is 1.95 bits per heavy atom. The standard InChI is InChI=1S/C15H21NO4/c1-3-20-13-7-5-4-6-12(13)8-9-14(17)16-11-10-15(18)19-2/h4-7H,3,8-11H2,1-2H3,(H,16,17). The van der Waals surface area contributed by atoms with Gasteiger partial charge in [0, 0.05) is 13.0 Å². The molecule has 1 amide bonds. The van der Waals surface area contributed by atoms with Gasteiger partial charge in [-0.05, 0) is 25.0 Å². The quantitative estimate of drug-likeness (QED) is 0.736. The predicted octanol–water partition coefficient (Wildman–Crippen LogP) is 1.70. The van der Waals surface area contributed by atoms with Crippen LogP contribution >= 0.6 is 0 Å². The van der Waals surface area contributed by atoms with Crippen LogP contribution in [0.25, 0.3) is 0 Å². The molecule has 0 bridgehead atoms. The molecular weight excluding hydrogens is 258 g/mol. The van der Waals surface area contributed by atoms with E-state index in [1.165, 1.54) is 7.11 Å². The molecule has 0 saturated carbocycles. The average Bonchev–Trinajstić information content (AvgIpc) is 2.46. The van der Waals surface area contributed by atoms with Crippen molar-refractivity contribution < 1.29 is 19.1 Å². The molecule has 1 rings (SSSR count). The van der Waals surface area contributed by atoms with E-state index >= 15 is 0 Å². The number of hydrogen-bond donors (Lipinski definition) is 1. The van der Waals surface area contributed by atoms with Crippen LogP contribution in [0.2, 0.25) is 0 Å². The third kappa shape index (κ3) is 5.73. The van der Waals surface area contributed by atoms with Crippen LogP contribution in [0.15, 0.2) is 24.3 Å². The molecule has 5 heteroatoms. The lowest BCUT2D eigenvalue weighted by Crippen LogP contribution is -2.26. The molecule has 110 valence electrons. The van der Waals surface area contributed by atoms with E-state index < -0.39 is 0 Å². The van der Waals surface area contributed by atoms with E-state index in [-0.39, 0.29) is 18.3 Å². The van der Waals surface area contributed by atoms with Crippen molar-refractivity contribution >= 4 is 11.9 Å². The molecule has 0 aromatic heterocycles. The van der Waals surface area contributed by atoms with Crippen LogP contribution in [0, 0.1) is 0 Å². The molecule has 1 aromatic carbocycles. The number of amides is 1. The Morgan fingerprint density at radius 3 is 2.65 bits per heavy atom. The minimum absolute atomic E-state index is 0.0831. The van der Waals surface area contributed by atoms with Crippen molar-refractivity contribution in [2.45, 2.75) is 26.2 Å². The SMILES string of the molecule is CCOc1ccccc1CCC(=O)NCCC(=O)OC. The van der Waals surface area contributed by atoms with Gasteiger partial charge in [0.05, 0.1) is 20.1 Å². The van der Waals surface area contributed by atoms with Crippen molar-refractivity contribution in [1.82, 2.24) is 5.32 Å². The fourth-order valence-electron chi connectivity index (χ4n) is 1.75. The number of esters is 1. The Bertz CT molecular complexity index is 445. The molecular formula is C15H21NO4. The Balaban J connectivity index is 2.35. The zero-order valence-electron chi connectivity index (χ0n) is 12.0. The number of carbonyl (C=O) groups excluding carboxylic acids is 2. The number of methoxy groups -OCH3 is 1. The molecule has 0 aliphatic heterocycles. The highest BCUT2D eigenvalue weighted by Gasteiger charge is 2.07. The van der Waals surface area contributed by atoms with E-state index in [2.05, 4.69) is 10.1 Å². The van der Waals surface area contributed by atoms with Gasteiger partial charge in [-0.25, -0.2) is 0 Å². The first-order valence-corrected chi connectivity index (χ1v) is 6.71. The van der Waals surface area contributed by atoms with E-state index in [4.69, 9.17) is 4.74 Å². The first kappa shape index (κ1) is 16.0. The molecule has 0 atom stereocenters. The average molecular weight is 279 g/mol. The molecule has 0 spiro atoms. The summed E-state index contributed by atoms with van der Waals surface area (Å²) in [6.45, 7) is 2.83. The largest absolute Gasteiger partial charge is 0.494 e. The van der Waals surface area contributed by atoms with Gasteiger partial charge in [-0.3, -0.25) is 9.59 Å². The molecule has 1 aromatic rings. The Hall–Kier alpha value is -2.04. The first-order valence-electron chi connectivity index (χ1n) is 6.71. The van der Waals surface area contributed by atoms with Crippen molar-refractivity contribution in [3.8, 4) is 5.75 Å². The van der Waals surface area contributed by atoms with Crippen LogP contribution < -0.4 is 10.1 Å². The summed E-state index contributed by atoms with van der Waals surface area (Å²) in [7, 11) is 1.33.